The van der Waals surface area contributed by atoms with Crippen molar-refractivity contribution in [1.82, 2.24) is 9.80 Å². The first-order chi connectivity index (χ1) is 18.2. The summed E-state index contributed by atoms with van der Waals surface area (Å²) in [6, 6.07) is 11.1. The van der Waals surface area contributed by atoms with Crippen molar-refractivity contribution in [3.8, 4) is 0 Å². The normalized spacial score (nSPS) is 19.7. The zero-order valence-electron chi connectivity index (χ0n) is 28.0. The molecule has 1 aliphatic carbocycles. The summed E-state index contributed by atoms with van der Waals surface area (Å²) in [5, 5.41) is 5.69. The monoisotopic (exact) mass is 568 g/mol. The smallest absolute Gasteiger partial charge is 0.0689 e. The van der Waals surface area contributed by atoms with Crippen LogP contribution in [0.3, 0.4) is 0 Å². The molecule has 2 aromatic rings. The number of hydrogen-bond donors (Lipinski definition) is 2. The number of nitrogens with zero attached hydrogens (tertiary/aromatic N) is 2. The van der Waals surface area contributed by atoms with Crippen LogP contribution in [0.25, 0.3) is 0 Å². The van der Waals surface area contributed by atoms with Gasteiger partial charge in [0.2, 0.25) is 0 Å². The van der Waals surface area contributed by atoms with E-state index in [1.165, 1.54) is 24.3 Å². The molecule has 0 amide bonds. The molecular weight excluding hydrogens is 530 g/mol. The first-order valence-electron chi connectivity index (χ1n) is 14.5. The van der Waals surface area contributed by atoms with E-state index >= 15 is 0 Å². The van der Waals surface area contributed by atoms with Gasteiger partial charge in [0.1, 0.15) is 0 Å². The number of carbonyl (C=O) groups is 2. The number of rotatable bonds is 8. The Morgan fingerprint density at radius 2 is 1.20 bits per heavy atom. The molecule has 30 heavy (non-hydrogen) atoms. The Bertz CT molecular complexity index is 1160. The molecule has 154 valence electrons. The van der Waals surface area contributed by atoms with Gasteiger partial charge in [0.05, 0.1) is 11.6 Å². The fourth-order valence-electron chi connectivity index (χ4n) is 2.98. The minimum atomic E-state index is -2.91. The molecule has 0 aliphatic heterocycles. The molecule has 0 spiro atoms. The van der Waals surface area contributed by atoms with Gasteiger partial charge in [-0.1, -0.05) is 0 Å². The number of nitrogens with one attached hydrogen (secondary N) is 2. The third kappa shape index (κ3) is 6.27. The van der Waals surface area contributed by atoms with E-state index in [9.17, 15) is 9.59 Å². The van der Waals surface area contributed by atoms with Gasteiger partial charge in [-0.2, -0.15) is 11.1 Å². The van der Waals surface area contributed by atoms with E-state index in [-0.39, 0.29) is 112 Å². The van der Waals surface area contributed by atoms with Crippen LogP contribution in [0, 0.1) is 12.1 Å². The molecule has 2 radical (unpaired) electrons. The fourth-order valence-corrected chi connectivity index (χ4v) is 2.98. The molecule has 3 rings (SSSR count). The van der Waals surface area contributed by atoms with Gasteiger partial charge in [-0.25, -0.2) is 24.3 Å². The number of likely N-dealkylation sites (N-methyl/N-ethyl adjacent to an activating group) is 2. The molecule has 0 atom stereocenters. The van der Waals surface area contributed by atoms with E-state index in [1.807, 2.05) is 0 Å². The molecule has 6 nitrogen and oxygen atoms in total. The van der Waals surface area contributed by atoms with Crippen LogP contribution in [0.4, 0.5) is 11.4 Å². The Morgan fingerprint density at radius 3 is 1.57 bits per heavy atom. The summed E-state index contributed by atoms with van der Waals surface area (Å²) in [6.45, 7) is -12.9. The summed E-state index contributed by atoms with van der Waals surface area (Å²) in [5.74, 6) is -1.19. The second kappa shape index (κ2) is 12.5. The van der Waals surface area contributed by atoms with Crippen molar-refractivity contribution >= 4 is 22.9 Å². The van der Waals surface area contributed by atoms with E-state index in [0.29, 0.717) is 9.80 Å². The van der Waals surface area contributed by atoms with Gasteiger partial charge in [-0.05, 0) is 51.2 Å². The van der Waals surface area contributed by atoms with Crippen molar-refractivity contribution in [3.63, 3.8) is 0 Å². The summed E-state index contributed by atoms with van der Waals surface area (Å²) < 4.78 is 90.0. The molecular formula is C22H26N4O2Y2-2. The zero-order chi connectivity index (χ0) is 30.3. The average Bonchev–Trinajstić information content (AvgIpc) is 2.79. The van der Waals surface area contributed by atoms with Crippen LogP contribution in [0.1, 0.15) is 48.3 Å². The number of carbonyl (C=O) groups excluding carboxylic acids is 2. The van der Waals surface area contributed by atoms with Crippen molar-refractivity contribution < 1.29 is 91.5 Å². The number of fused-ring (bicyclic) bond motifs is 2. The Hall–Kier alpha value is -0.492. The van der Waals surface area contributed by atoms with Gasteiger partial charge in [0.25, 0.3) is 0 Å². The topological polar surface area (TPSA) is 64.7 Å². The van der Waals surface area contributed by atoms with Crippen molar-refractivity contribution in [3.05, 3.63) is 58.7 Å². The third-order valence-corrected chi connectivity index (χ3v) is 4.20. The maximum Gasteiger partial charge on any atom is 0.0689 e. The van der Waals surface area contributed by atoms with Crippen LogP contribution in [0.2, 0.25) is 0 Å². The molecule has 0 unspecified atom stereocenters. The van der Waals surface area contributed by atoms with Crippen LogP contribution in [-0.4, -0.2) is 75.4 Å². The van der Waals surface area contributed by atoms with Crippen LogP contribution in [-0.2, 0) is 65.4 Å². The van der Waals surface area contributed by atoms with Gasteiger partial charge in [-0.3, -0.25) is 0 Å². The van der Waals surface area contributed by atoms with Gasteiger partial charge in [0, 0.05) is 119 Å². The van der Waals surface area contributed by atoms with Crippen molar-refractivity contribution in [1.29, 1.82) is 0 Å². The summed E-state index contributed by atoms with van der Waals surface area (Å²) >= 11 is 0. The summed E-state index contributed by atoms with van der Waals surface area (Å²) in [4.78, 5) is 27.6. The van der Waals surface area contributed by atoms with E-state index in [2.05, 4.69) is 22.8 Å². The molecule has 8 heteroatoms. The zero-order valence-corrected chi connectivity index (χ0v) is 21.7. The standard InChI is InChI=1S/C22H26N4O2.2Y/c1-25(2)13-11-23-17-9-10-18(24-12-14-26(3)4)20-19(17)21(27)15-7-5-6-8-16(15)22(20)28;;/h5-6,9-10,23-24H,11-14H2,1-4H3;;/q-2;;/i1D3,2D3,3D3,4D3;;. The predicted molar refractivity (Wildman–Crippen MR) is 112 cm³/mol. The van der Waals surface area contributed by atoms with Gasteiger partial charge < -0.3 is 30.0 Å². The van der Waals surface area contributed by atoms with Crippen molar-refractivity contribution in [2.75, 3.05) is 64.7 Å². The average molecular weight is 568 g/mol. The van der Waals surface area contributed by atoms with Crippen molar-refractivity contribution in [2.24, 2.45) is 0 Å². The van der Waals surface area contributed by atoms with E-state index in [1.54, 1.807) is 0 Å². The largest absolute Gasteiger partial charge is 0.384 e. The number of hydrogen-bond acceptors (Lipinski definition) is 6. The van der Waals surface area contributed by atoms with Gasteiger partial charge >= 0.3 is 0 Å². The molecule has 2 N–H and O–H groups in total. The van der Waals surface area contributed by atoms with Gasteiger partial charge in [-0.15, -0.1) is 0 Å². The SMILES string of the molecule is [2H]C([2H])([2H])N(CCNc1ccc(NCCN(C([2H])([2H])[2H])C([2H])([2H])[2H])c2c1C(=O)c1[c-]cc[c-]c1C2=O)C([2H])([2H])[2H].[Y].[Y]. The van der Waals surface area contributed by atoms with Crippen molar-refractivity contribution in [2.45, 2.75) is 0 Å². The fraction of sp³-hybridized carbons (Fsp3) is 0.364. The Morgan fingerprint density at radius 1 is 0.800 bits per heavy atom. The maximum absolute atomic E-state index is 13.5. The van der Waals surface area contributed by atoms with Crippen LogP contribution >= 0.6 is 0 Å². The Kier molecular flexibility index (Phi) is 5.81. The first-order valence-corrected chi connectivity index (χ1v) is 8.46. The molecule has 0 saturated heterocycles. The second-order valence-electron chi connectivity index (χ2n) is 6.10. The minimum absolute atomic E-state index is 0. The Labute approximate surface area is 246 Å². The summed E-state index contributed by atoms with van der Waals surface area (Å²) in [6.07, 6.45) is 0. The molecule has 2 aromatic carbocycles. The van der Waals surface area contributed by atoms with E-state index < -0.39 is 52.6 Å². The Balaban J connectivity index is 0.00000441. The van der Waals surface area contributed by atoms with Crippen LogP contribution < -0.4 is 10.6 Å². The first kappa shape index (κ1) is 13.9. The van der Waals surface area contributed by atoms with Gasteiger partial charge in [0.15, 0.2) is 0 Å². The molecule has 0 saturated carbocycles. The van der Waals surface area contributed by atoms with Crippen LogP contribution in [0.5, 0.6) is 0 Å². The summed E-state index contributed by atoms with van der Waals surface area (Å²) in [7, 11) is 0. The molecule has 0 aromatic heterocycles. The number of anilines is 2. The minimum Gasteiger partial charge on any atom is -0.384 e. The predicted octanol–water partition coefficient (Wildman–Crippen LogP) is 2.00. The number of benzene rings is 2. The quantitative estimate of drug-likeness (QED) is 0.406. The third-order valence-electron chi connectivity index (χ3n) is 4.20. The summed E-state index contributed by atoms with van der Waals surface area (Å²) in [5.41, 5.74) is 0.00630. The molecule has 0 fully saturated rings. The van der Waals surface area contributed by atoms with E-state index in [4.69, 9.17) is 16.4 Å². The molecule has 0 bridgehead atoms. The second-order valence-corrected chi connectivity index (χ2v) is 6.10. The maximum atomic E-state index is 13.5. The van der Waals surface area contributed by atoms with Crippen LogP contribution in [0.15, 0.2) is 24.3 Å². The molecule has 1 aliphatic rings. The van der Waals surface area contributed by atoms with E-state index in [0.717, 1.165) is 0 Å². The molecule has 0 heterocycles. The number of ketones is 2.